The SMILES string of the molecule is O=C(O)Cc1noc2cccc(O)c12. The van der Waals surface area contributed by atoms with Gasteiger partial charge >= 0.3 is 5.97 Å². The smallest absolute Gasteiger partial charge is 0.309 e. The molecule has 2 aromatic rings. The van der Waals surface area contributed by atoms with Crippen molar-refractivity contribution < 1.29 is 19.5 Å². The molecule has 0 aliphatic carbocycles. The first-order valence-electron chi connectivity index (χ1n) is 3.96. The number of aliphatic carboxylic acids is 1. The van der Waals surface area contributed by atoms with Crippen molar-refractivity contribution in [2.45, 2.75) is 6.42 Å². The molecule has 0 radical (unpaired) electrons. The number of benzene rings is 1. The summed E-state index contributed by atoms with van der Waals surface area (Å²) in [5.74, 6) is -1.02. The highest BCUT2D eigenvalue weighted by atomic mass is 16.5. The molecule has 0 aliphatic heterocycles. The molecule has 0 unspecified atom stereocenters. The third-order valence-electron chi connectivity index (χ3n) is 1.87. The van der Waals surface area contributed by atoms with E-state index in [2.05, 4.69) is 5.16 Å². The quantitative estimate of drug-likeness (QED) is 0.747. The van der Waals surface area contributed by atoms with Crippen LogP contribution in [0.25, 0.3) is 11.0 Å². The summed E-state index contributed by atoms with van der Waals surface area (Å²) in [6.07, 6.45) is -0.259. The molecule has 14 heavy (non-hydrogen) atoms. The molecule has 2 rings (SSSR count). The van der Waals surface area contributed by atoms with Crippen LogP contribution in [0.1, 0.15) is 5.69 Å². The van der Waals surface area contributed by atoms with Gasteiger partial charge in [0.2, 0.25) is 0 Å². The van der Waals surface area contributed by atoms with Crippen LogP contribution in [0, 0.1) is 0 Å². The molecule has 5 nitrogen and oxygen atoms in total. The number of fused-ring (bicyclic) bond motifs is 1. The van der Waals surface area contributed by atoms with E-state index in [1.54, 1.807) is 12.1 Å². The van der Waals surface area contributed by atoms with E-state index in [4.69, 9.17) is 9.63 Å². The molecule has 0 spiro atoms. The average molecular weight is 193 g/mol. The normalized spacial score (nSPS) is 10.6. The lowest BCUT2D eigenvalue weighted by Crippen LogP contribution is -2.00. The Labute approximate surface area is 78.6 Å². The highest BCUT2D eigenvalue weighted by molar-refractivity contribution is 5.88. The lowest BCUT2D eigenvalue weighted by Gasteiger charge is -1.93. The molecule has 5 heteroatoms. The highest BCUT2D eigenvalue weighted by Crippen LogP contribution is 2.27. The molecule has 0 saturated carbocycles. The number of carboxylic acids is 1. The molecule has 1 aromatic carbocycles. The van der Waals surface area contributed by atoms with Crippen molar-refractivity contribution >= 4 is 16.9 Å². The summed E-state index contributed by atoms with van der Waals surface area (Å²) < 4.78 is 4.86. The Bertz CT molecular complexity index is 489. The number of nitrogens with zero attached hydrogens (tertiary/aromatic N) is 1. The van der Waals surface area contributed by atoms with Gasteiger partial charge in [-0.2, -0.15) is 0 Å². The highest BCUT2D eigenvalue weighted by Gasteiger charge is 2.14. The summed E-state index contributed by atoms with van der Waals surface area (Å²) in [4.78, 5) is 10.5. The van der Waals surface area contributed by atoms with Gasteiger partial charge in [0.15, 0.2) is 5.58 Å². The fraction of sp³-hybridized carbons (Fsp3) is 0.111. The largest absolute Gasteiger partial charge is 0.507 e. The minimum Gasteiger partial charge on any atom is -0.507 e. The van der Waals surface area contributed by atoms with Crippen LogP contribution in [-0.4, -0.2) is 21.3 Å². The summed E-state index contributed by atoms with van der Waals surface area (Å²) >= 11 is 0. The molecule has 0 fully saturated rings. The van der Waals surface area contributed by atoms with Crippen molar-refractivity contribution in [3.8, 4) is 5.75 Å². The van der Waals surface area contributed by atoms with Gasteiger partial charge < -0.3 is 14.7 Å². The number of aromatic nitrogens is 1. The van der Waals surface area contributed by atoms with Crippen LogP contribution < -0.4 is 0 Å². The zero-order chi connectivity index (χ0) is 10.1. The monoisotopic (exact) mass is 193 g/mol. The van der Waals surface area contributed by atoms with E-state index in [1.165, 1.54) is 6.07 Å². The van der Waals surface area contributed by atoms with Crippen LogP contribution in [0.4, 0.5) is 0 Å². The maximum atomic E-state index is 10.5. The van der Waals surface area contributed by atoms with E-state index < -0.39 is 5.97 Å². The van der Waals surface area contributed by atoms with E-state index in [9.17, 15) is 9.90 Å². The second-order valence-electron chi connectivity index (χ2n) is 2.85. The first kappa shape index (κ1) is 8.55. The number of phenolic OH excluding ortho intramolecular Hbond substituents is 1. The molecular weight excluding hydrogens is 186 g/mol. The molecule has 0 atom stereocenters. The number of hydrogen-bond acceptors (Lipinski definition) is 4. The van der Waals surface area contributed by atoms with Gasteiger partial charge in [0, 0.05) is 0 Å². The van der Waals surface area contributed by atoms with Gasteiger partial charge in [-0.25, -0.2) is 0 Å². The lowest BCUT2D eigenvalue weighted by atomic mass is 10.1. The Kier molecular flexibility index (Phi) is 1.85. The zero-order valence-corrected chi connectivity index (χ0v) is 7.10. The molecule has 2 N–H and O–H groups in total. The number of phenols is 1. The maximum absolute atomic E-state index is 10.5. The van der Waals surface area contributed by atoms with E-state index >= 15 is 0 Å². The molecule has 72 valence electrons. The topological polar surface area (TPSA) is 83.6 Å². The van der Waals surface area contributed by atoms with E-state index in [0.717, 1.165) is 0 Å². The molecule has 1 aromatic heterocycles. The van der Waals surface area contributed by atoms with Gasteiger partial charge in [-0.3, -0.25) is 4.79 Å². The van der Waals surface area contributed by atoms with E-state index in [0.29, 0.717) is 11.0 Å². The van der Waals surface area contributed by atoms with Crippen LogP contribution >= 0.6 is 0 Å². The van der Waals surface area contributed by atoms with Crippen LogP contribution in [0.3, 0.4) is 0 Å². The van der Waals surface area contributed by atoms with Crippen LogP contribution in [0.2, 0.25) is 0 Å². The number of rotatable bonds is 2. The predicted molar refractivity (Wildman–Crippen MR) is 47.0 cm³/mol. The first-order chi connectivity index (χ1) is 6.68. The van der Waals surface area contributed by atoms with Crippen molar-refractivity contribution in [1.82, 2.24) is 5.16 Å². The fourth-order valence-electron chi connectivity index (χ4n) is 1.30. The van der Waals surface area contributed by atoms with Gasteiger partial charge in [-0.15, -0.1) is 0 Å². The molecule has 0 bridgehead atoms. The molecule has 1 heterocycles. The Morgan fingerprint density at radius 3 is 3.00 bits per heavy atom. The standard InChI is InChI=1S/C9H7NO4/c11-6-2-1-3-7-9(6)5(10-14-7)4-8(12)13/h1-3,11H,4H2,(H,12,13). The molecule has 0 amide bonds. The van der Waals surface area contributed by atoms with Crippen LogP contribution in [0.15, 0.2) is 22.7 Å². The van der Waals surface area contributed by atoms with E-state index in [1.807, 2.05) is 0 Å². The number of carboxylic acid groups (broad SMARTS) is 1. The maximum Gasteiger partial charge on any atom is 0.309 e. The minimum atomic E-state index is -1.01. The van der Waals surface area contributed by atoms with Crippen molar-refractivity contribution in [3.63, 3.8) is 0 Å². The molecular formula is C9H7NO4. The van der Waals surface area contributed by atoms with Gasteiger partial charge in [0.25, 0.3) is 0 Å². The summed E-state index contributed by atoms with van der Waals surface area (Å²) in [5.41, 5.74) is 0.631. The van der Waals surface area contributed by atoms with Crippen molar-refractivity contribution in [3.05, 3.63) is 23.9 Å². The summed E-state index contributed by atoms with van der Waals surface area (Å²) in [6.45, 7) is 0. The van der Waals surface area contributed by atoms with Gasteiger partial charge in [0.05, 0.1) is 11.8 Å². The summed E-state index contributed by atoms with van der Waals surface area (Å²) in [5, 5.41) is 22.0. The Balaban J connectivity index is 2.61. The number of carbonyl (C=O) groups is 1. The number of aromatic hydroxyl groups is 1. The Morgan fingerprint density at radius 1 is 1.50 bits per heavy atom. The second-order valence-corrected chi connectivity index (χ2v) is 2.85. The van der Waals surface area contributed by atoms with Gasteiger partial charge in [-0.1, -0.05) is 11.2 Å². The lowest BCUT2D eigenvalue weighted by molar-refractivity contribution is -0.136. The number of hydrogen-bond donors (Lipinski definition) is 2. The molecule has 0 saturated heterocycles. The zero-order valence-electron chi connectivity index (χ0n) is 7.10. The first-order valence-corrected chi connectivity index (χ1v) is 3.96. The van der Waals surface area contributed by atoms with E-state index in [-0.39, 0.29) is 17.9 Å². The summed E-state index contributed by atoms with van der Waals surface area (Å²) in [7, 11) is 0. The third kappa shape index (κ3) is 1.28. The third-order valence-corrected chi connectivity index (χ3v) is 1.87. The second kappa shape index (κ2) is 3.02. The van der Waals surface area contributed by atoms with Crippen molar-refractivity contribution in [2.75, 3.05) is 0 Å². The van der Waals surface area contributed by atoms with Crippen LogP contribution in [0.5, 0.6) is 5.75 Å². The van der Waals surface area contributed by atoms with Crippen molar-refractivity contribution in [1.29, 1.82) is 0 Å². The summed E-state index contributed by atoms with van der Waals surface area (Å²) in [6, 6.07) is 4.69. The molecule has 0 aliphatic rings. The predicted octanol–water partition coefficient (Wildman–Crippen LogP) is 1.16. The van der Waals surface area contributed by atoms with Crippen molar-refractivity contribution in [2.24, 2.45) is 0 Å². The fourth-order valence-corrected chi connectivity index (χ4v) is 1.30. The Hall–Kier alpha value is -2.04. The average Bonchev–Trinajstić information content (AvgIpc) is 2.49. The van der Waals surface area contributed by atoms with Gasteiger partial charge in [0.1, 0.15) is 11.4 Å². The minimum absolute atomic E-state index is 0.0139. The van der Waals surface area contributed by atoms with Gasteiger partial charge in [-0.05, 0) is 12.1 Å². The van der Waals surface area contributed by atoms with Crippen LogP contribution in [-0.2, 0) is 11.2 Å². The Morgan fingerprint density at radius 2 is 2.29 bits per heavy atom.